The number of ketones is 1. The second kappa shape index (κ2) is 12.0. The summed E-state index contributed by atoms with van der Waals surface area (Å²) in [5.74, 6) is -2.10. The molecule has 204 valence electrons. The van der Waals surface area contributed by atoms with E-state index in [9.17, 15) is 18.4 Å². The molecule has 0 saturated carbocycles. The van der Waals surface area contributed by atoms with Crippen LogP contribution in [0.3, 0.4) is 0 Å². The lowest BCUT2D eigenvalue weighted by Crippen LogP contribution is -2.43. The molecule has 1 aromatic carbocycles. The number of unbranched alkanes of at least 4 members (excludes halogenated alkanes) is 2. The van der Waals surface area contributed by atoms with Gasteiger partial charge >= 0.3 is 0 Å². The second-order valence-electron chi connectivity index (χ2n) is 9.84. The summed E-state index contributed by atoms with van der Waals surface area (Å²) in [6.45, 7) is 1.39. The molecule has 8 nitrogen and oxygen atoms in total. The highest BCUT2D eigenvalue weighted by Gasteiger charge is 2.46. The fraction of sp³-hybridized carbons (Fsp3) is 0.500. The molecule has 1 N–H and O–H groups in total. The number of carbonyl (C=O) groups excluding carboxylic acids is 2. The van der Waals surface area contributed by atoms with Crippen LogP contribution in [0.15, 0.2) is 40.9 Å². The van der Waals surface area contributed by atoms with Gasteiger partial charge in [-0.2, -0.15) is 0 Å². The summed E-state index contributed by atoms with van der Waals surface area (Å²) in [4.78, 5) is 35.0. The molecule has 0 spiro atoms. The van der Waals surface area contributed by atoms with E-state index in [4.69, 9.17) is 9.15 Å². The highest BCUT2D eigenvalue weighted by Crippen LogP contribution is 2.35. The van der Waals surface area contributed by atoms with Crippen molar-refractivity contribution in [3.63, 3.8) is 0 Å². The minimum absolute atomic E-state index is 0.218. The van der Waals surface area contributed by atoms with Crippen LogP contribution in [0.1, 0.15) is 63.8 Å². The van der Waals surface area contributed by atoms with Gasteiger partial charge in [-0.05, 0) is 32.0 Å². The summed E-state index contributed by atoms with van der Waals surface area (Å²) < 4.78 is 39.4. The molecule has 1 aliphatic heterocycles. The largest absolute Gasteiger partial charge is 0.480 e. The Labute approximate surface area is 220 Å². The number of aromatic nitrogens is 2. The Morgan fingerprint density at radius 2 is 2.05 bits per heavy atom. The molecule has 1 amide bonds. The lowest BCUT2D eigenvalue weighted by Gasteiger charge is -2.22. The third-order valence-corrected chi connectivity index (χ3v) is 6.94. The zero-order valence-corrected chi connectivity index (χ0v) is 22.0. The van der Waals surface area contributed by atoms with Gasteiger partial charge in [0.1, 0.15) is 11.8 Å². The zero-order valence-electron chi connectivity index (χ0n) is 22.0. The van der Waals surface area contributed by atoms with E-state index in [1.807, 2.05) is 37.3 Å². The summed E-state index contributed by atoms with van der Waals surface area (Å²) in [7, 11) is 3.05. The van der Waals surface area contributed by atoms with Gasteiger partial charge in [-0.15, -0.1) is 0 Å². The minimum atomic E-state index is -2.91. The molecule has 3 heterocycles. The molecule has 10 heteroatoms. The molecule has 4 rings (SSSR count). The number of likely N-dealkylation sites (N-methyl/N-ethyl adjacent to an activating group) is 1. The van der Waals surface area contributed by atoms with Crippen LogP contribution in [0.4, 0.5) is 8.78 Å². The predicted octanol–water partition coefficient (Wildman–Crippen LogP) is 5.32. The monoisotopic (exact) mass is 528 g/mol. The fourth-order valence-electron chi connectivity index (χ4n) is 4.82. The highest BCUT2D eigenvalue weighted by molar-refractivity contribution is 5.85. The van der Waals surface area contributed by atoms with Crippen molar-refractivity contribution in [2.75, 3.05) is 20.7 Å². The van der Waals surface area contributed by atoms with E-state index in [0.29, 0.717) is 42.9 Å². The van der Waals surface area contributed by atoms with Gasteiger partial charge in [-0.1, -0.05) is 38.0 Å². The molecule has 1 aliphatic rings. The number of likely N-dealkylation sites (tertiary alicyclic amines) is 1. The van der Waals surface area contributed by atoms with Crippen LogP contribution < -0.4 is 10.1 Å². The molecule has 1 saturated heterocycles. The molecule has 3 aromatic rings. The van der Waals surface area contributed by atoms with Crippen LogP contribution in [0.5, 0.6) is 5.88 Å². The average molecular weight is 529 g/mol. The van der Waals surface area contributed by atoms with E-state index in [1.54, 1.807) is 6.20 Å². The third kappa shape index (κ3) is 6.53. The quantitative estimate of drug-likeness (QED) is 0.318. The number of pyridine rings is 1. The van der Waals surface area contributed by atoms with E-state index >= 15 is 0 Å². The Kier molecular flexibility index (Phi) is 8.71. The number of nitrogens with one attached hydrogen (secondary N) is 1. The van der Waals surface area contributed by atoms with Gasteiger partial charge in [0.25, 0.3) is 5.92 Å². The van der Waals surface area contributed by atoms with Crippen molar-refractivity contribution in [1.29, 1.82) is 0 Å². The number of rotatable bonds is 12. The van der Waals surface area contributed by atoms with Crippen LogP contribution >= 0.6 is 0 Å². The standard InChI is InChI=1S/C28H34F2N4O4/c1-4-19(35)11-6-5-7-13-22(32-25(36)23-15-28(29,30)17-34(23)2)27-31-16-24(38-27)20-14-18-10-8-9-12-21(18)33-26(20)37-3/h8-10,12,14,16,22-23H,4-7,11,13,15,17H2,1-3H3,(H,32,36)/t22?,23-/m0/s1. The Morgan fingerprint density at radius 1 is 1.26 bits per heavy atom. The number of Topliss-reactive ketones (excluding diaryl/α,β-unsaturated/α-hetero) is 1. The lowest BCUT2D eigenvalue weighted by molar-refractivity contribution is -0.126. The summed E-state index contributed by atoms with van der Waals surface area (Å²) in [5, 5.41) is 3.79. The topological polar surface area (TPSA) is 97.6 Å². The first-order chi connectivity index (χ1) is 18.2. The molecule has 1 fully saturated rings. The van der Waals surface area contributed by atoms with E-state index in [1.165, 1.54) is 19.1 Å². The molecule has 2 atom stereocenters. The Hall–Kier alpha value is -3.40. The molecule has 0 bridgehead atoms. The van der Waals surface area contributed by atoms with Crippen LogP contribution in [-0.2, 0) is 9.59 Å². The van der Waals surface area contributed by atoms with E-state index in [0.717, 1.165) is 23.7 Å². The number of oxazole rings is 1. The molecular formula is C28H34F2N4O4. The molecular weight excluding hydrogens is 494 g/mol. The number of hydrogen-bond acceptors (Lipinski definition) is 7. The van der Waals surface area contributed by atoms with Gasteiger partial charge in [0, 0.05) is 24.6 Å². The summed E-state index contributed by atoms with van der Waals surface area (Å²) >= 11 is 0. The Morgan fingerprint density at radius 3 is 2.76 bits per heavy atom. The number of methoxy groups -OCH3 is 1. The number of amides is 1. The average Bonchev–Trinajstić information content (AvgIpc) is 3.50. The fourth-order valence-corrected chi connectivity index (χ4v) is 4.82. The number of alkyl halides is 2. The number of halogens is 2. The number of para-hydroxylation sites is 1. The maximum atomic E-state index is 13.9. The number of ether oxygens (including phenoxy) is 1. The zero-order chi connectivity index (χ0) is 27.3. The number of fused-ring (bicyclic) bond motifs is 1. The maximum absolute atomic E-state index is 13.9. The highest BCUT2D eigenvalue weighted by atomic mass is 19.3. The summed E-state index contributed by atoms with van der Waals surface area (Å²) in [6, 6.07) is 7.98. The molecule has 1 unspecified atom stereocenters. The van der Waals surface area contributed by atoms with Gasteiger partial charge < -0.3 is 14.5 Å². The van der Waals surface area contributed by atoms with Gasteiger partial charge in [0.15, 0.2) is 5.76 Å². The van der Waals surface area contributed by atoms with E-state index in [2.05, 4.69) is 15.3 Å². The van der Waals surface area contributed by atoms with Gasteiger partial charge in [-0.3, -0.25) is 14.5 Å². The first-order valence-electron chi connectivity index (χ1n) is 13.0. The van der Waals surface area contributed by atoms with Gasteiger partial charge in [0.2, 0.25) is 17.7 Å². The number of nitrogens with zero attached hydrogens (tertiary/aromatic N) is 3. The van der Waals surface area contributed by atoms with E-state index in [-0.39, 0.29) is 11.7 Å². The molecule has 0 radical (unpaired) electrons. The molecule has 0 aliphatic carbocycles. The normalized spacial score (nSPS) is 18.0. The first kappa shape index (κ1) is 27.6. The molecule has 38 heavy (non-hydrogen) atoms. The maximum Gasteiger partial charge on any atom is 0.262 e. The van der Waals surface area contributed by atoms with Crippen LogP contribution in [0.25, 0.3) is 22.2 Å². The summed E-state index contributed by atoms with van der Waals surface area (Å²) in [5.41, 5.74) is 1.39. The summed E-state index contributed by atoms with van der Waals surface area (Å²) in [6.07, 6.45) is 4.80. The minimum Gasteiger partial charge on any atom is -0.480 e. The second-order valence-corrected chi connectivity index (χ2v) is 9.84. The number of hydrogen-bond donors (Lipinski definition) is 1. The van der Waals surface area contributed by atoms with E-state index < -0.39 is 36.9 Å². The Balaban J connectivity index is 1.54. The van der Waals surface area contributed by atoms with Gasteiger partial charge in [0.05, 0.1) is 37.0 Å². The smallest absolute Gasteiger partial charge is 0.262 e. The van der Waals surface area contributed by atoms with Crippen molar-refractivity contribution in [2.45, 2.75) is 69.9 Å². The number of carbonyl (C=O) groups is 2. The lowest BCUT2D eigenvalue weighted by atomic mass is 10.0. The van der Waals surface area contributed by atoms with Crippen LogP contribution in [0, 0.1) is 0 Å². The van der Waals surface area contributed by atoms with Crippen molar-refractivity contribution in [3.05, 3.63) is 42.4 Å². The van der Waals surface area contributed by atoms with Crippen molar-refractivity contribution in [3.8, 4) is 17.2 Å². The van der Waals surface area contributed by atoms with Crippen molar-refractivity contribution in [2.24, 2.45) is 0 Å². The number of benzene rings is 1. The van der Waals surface area contributed by atoms with Gasteiger partial charge in [-0.25, -0.2) is 18.7 Å². The first-order valence-corrected chi connectivity index (χ1v) is 13.0. The van der Waals surface area contributed by atoms with Crippen LogP contribution in [-0.4, -0.2) is 59.2 Å². The van der Waals surface area contributed by atoms with Crippen molar-refractivity contribution < 1.29 is 27.5 Å². The van der Waals surface area contributed by atoms with Crippen molar-refractivity contribution in [1.82, 2.24) is 20.2 Å². The predicted molar refractivity (Wildman–Crippen MR) is 139 cm³/mol. The van der Waals surface area contributed by atoms with Crippen LogP contribution in [0.2, 0.25) is 0 Å². The van der Waals surface area contributed by atoms with Crippen molar-refractivity contribution >= 4 is 22.6 Å². The third-order valence-electron chi connectivity index (χ3n) is 6.94. The Bertz CT molecular complexity index is 1280. The molecule has 2 aromatic heterocycles. The SMILES string of the molecule is CCC(=O)CCCCCC(NC(=O)[C@@H]1CC(F)(F)CN1C)c1ncc(-c2cc3ccccc3nc2OC)o1.